The van der Waals surface area contributed by atoms with E-state index in [-0.39, 0.29) is 34.7 Å². The lowest BCUT2D eigenvalue weighted by Gasteiger charge is -2.55. The number of hydrogen-bond acceptors (Lipinski definition) is 7. The minimum atomic E-state index is -2.21. The summed E-state index contributed by atoms with van der Waals surface area (Å²) in [5.74, 6) is 0.396. The number of nitrogens with one attached hydrogen (secondary N) is 1. The van der Waals surface area contributed by atoms with Gasteiger partial charge in [-0.3, -0.25) is 4.21 Å². The van der Waals surface area contributed by atoms with E-state index >= 15 is 0 Å². The molecule has 1 amide bonds. The summed E-state index contributed by atoms with van der Waals surface area (Å²) in [5.41, 5.74) is 2.06. The van der Waals surface area contributed by atoms with E-state index in [0.717, 1.165) is 95.7 Å². The molecule has 3 aliphatic heterocycles. The smallest absolute Gasteiger partial charge is 0.407 e. The standard InChI is InChI=1S/C34H47FN4O4S/c1-33(22-39(23-33)28-10-12-29(13-11-28)44(41)42)21-38-18-14-25(15-19-38)34(24-37-16-5-17-37,26-6-3-7-27(35)20-26)30-8-4-9-31(30)36-32(40)43-2/h3,6-7,10-13,20,25,30-31H,4-5,8-9,14-19,21-24H2,1-2H3,(H,36,40)(H,41,42)/p-1/t30-,31-,34-/m0/s1. The lowest BCUT2D eigenvalue weighted by molar-refractivity contribution is 0.0159. The molecule has 4 fully saturated rings. The van der Waals surface area contributed by atoms with Gasteiger partial charge in [-0.05, 0) is 123 Å². The maximum atomic E-state index is 14.9. The van der Waals surface area contributed by atoms with E-state index in [1.807, 2.05) is 18.2 Å². The summed E-state index contributed by atoms with van der Waals surface area (Å²) in [6, 6.07) is 14.4. The van der Waals surface area contributed by atoms with Crippen LogP contribution in [0.2, 0.25) is 0 Å². The number of hydrogen-bond donors (Lipinski definition) is 1. The molecule has 240 valence electrons. The van der Waals surface area contributed by atoms with Gasteiger partial charge in [0.1, 0.15) is 5.82 Å². The molecule has 6 rings (SSSR count). The van der Waals surface area contributed by atoms with E-state index in [2.05, 4.69) is 33.0 Å². The van der Waals surface area contributed by atoms with Gasteiger partial charge in [0.15, 0.2) is 0 Å². The molecule has 0 aromatic heterocycles. The minimum absolute atomic E-state index is 0.00703. The van der Waals surface area contributed by atoms with E-state index in [1.165, 1.54) is 13.5 Å². The molecule has 10 heteroatoms. The second-order valence-corrected chi connectivity index (χ2v) is 14.8. The summed E-state index contributed by atoms with van der Waals surface area (Å²) in [6.07, 6.45) is 5.87. The summed E-state index contributed by atoms with van der Waals surface area (Å²) in [4.78, 5) is 20.2. The molecule has 1 unspecified atom stereocenters. The van der Waals surface area contributed by atoms with Gasteiger partial charge in [0.2, 0.25) is 0 Å². The average Bonchev–Trinajstić information content (AvgIpc) is 3.44. The highest BCUT2D eigenvalue weighted by atomic mass is 32.2. The molecule has 44 heavy (non-hydrogen) atoms. The first-order valence-corrected chi connectivity index (χ1v) is 17.3. The molecule has 0 radical (unpaired) electrons. The third-order valence-corrected chi connectivity index (χ3v) is 11.6. The number of methoxy groups -OCH3 is 1. The molecule has 3 saturated heterocycles. The number of nitrogens with zero attached hydrogens (tertiary/aromatic N) is 3. The molecule has 1 saturated carbocycles. The zero-order valence-electron chi connectivity index (χ0n) is 26.0. The van der Waals surface area contributed by atoms with Gasteiger partial charge in [-0.25, -0.2) is 9.18 Å². The number of amides is 1. The van der Waals surface area contributed by atoms with E-state index in [0.29, 0.717) is 10.8 Å². The highest BCUT2D eigenvalue weighted by molar-refractivity contribution is 7.79. The first-order valence-electron chi connectivity index (χ1n) is 16.2. The molecular formula is C34H46FN4O4S-. The van der Waals surface area contributed by atoms with Gasteiger partial charge < -0.3 is 29.3 Å². The number of benzene rings is 2. The van der Waals surface area contributed by atoms with Crippen molar-refractivity contribution in [3.63, 3.8) is 0 Å². The van der Waals surface area contributed by atoms with Gasteiger partial charge >= 0.3 is 6.09 Å². The Kier molecular flexibility index (Phi) is 9.34. The second-order valence-electron chi connectivity index (χ2n) is 13.9. The monoisotopic (exact) mass is 625 g/mol. The number of likely N-dealkylation sites (tertiary alicyclic amines) is 2. The maximum absolute atomic E-state index is 14.9. The fraction of sp³-hybridized carbons (Fsp3) is 0.618. The Bertz CT molecular complexity index is 1330. The quantitative estimate of drug-likeness (QED) is 0.381. The van der Waals surface area contributed by atoms with Crippen LogP contribution in [-0.4, -0.2) is 90.2 Å². The molecule has 1 aliphatic carbocycles. The molecule has 0 bridgehead atoms. The summed E-state index contributed by atoms with van der Waals surface area (Å²) in [6.45, 7) is 10.3. The normalized spacial score (nSPS) is 26.3. The Labute approximate surface area is 263 Å². The van der Waals surface area contributed by atoms with Crippen LogP contribution in [0.5, 0.6) is 0 Å². The fourth-order valence-corrected chi connectivity index (χ4v) is 9.17. The van der Waals surface area contributed by atoms with Crippen molar-refractivity contribution in [2.75, 3.05) is 64.4 Å². The highest BCUT2D eigenvalue weighted by Crippen LogP contribution is 2.51. The third kappa shape index (κ3) is 6.41. The average molecular weight is 626 g/mol. The van der Waals surface area contributed by atoms with Crippen molar-refractivity contribution in [2.24, 2.45) is 17.3 Å². The topological polar surface area (TPSA) is 88.2 Å². The van der Waals surface area contributed by atoms with Crippen LogP contribution in [0.3, 0.4) is 0 Å². The Morgan fingerprint density at radius 1 is 1.05 bits per heavy atom. The highest BCUT2D eigenvalue weighted by Gasteiger charge is 2.53. The number of anilines is 1. The Hall–Kier alpha value is -2.53. The summed E-state index contributed by atoms with van der Waals surface area (Å²) in [5, 5.41) is 3.18. The molecule has 1 N–H and O–H groups in total. The van der Waals surface area contributed by atoms with Crippen molar-refractivity contribution < 1.29 is 22.7 Å². The summed E-state index contributed by atoms with van der Waals surface area (Å²) >= 11 is -2.21. The second kappa shape index (κ2) is 13.1. The van der Waals surface area contributed by atoms with E-state index < -0.39 is 11.1 Å². The van der Waals surface area contributed by atoms with E-state index in [9.17, 15) is 17.9 Å². The summed E-state index contributed by atoms with van der Waals surface area (Å²) < 4.78 is 42.4. The molecule has 2 aromatic carbocycles. The Morgan fingerprint density at radius 3 is 2.39 bits per heavy atom. The Balaban J connectivity index is 1.18. The molecule has 2 aromatic rings. The first kappa shape index (κ1) is 31.5. The lowest BCUT2D eigenvalue weighted by atomic mass is 9.57. The predicted molar refractivity (Wildman–Crippen MR) is 169 cm³/mol. The van der Waals surface area contributed by atoms with Crippen LogP contribution in [-0.2, 0) is 21.2 Å². The number of carbonyl (C=O) groups excluding carboxylic acids is 1. The maximum Gasteiger partial charge on any atom is 0.407 e. The number of halogens is 1. The van der Waals surface area contributed by atoms with Gasteiger partial charge in [0.25, 0.3) is 0 Å². The lowest BCUT2D eigenvalue weighted by Crippen LogP contribution is -2.62. The van der Waals surface area contributed by atoms with E-state index in [1.54, 1.807) is 24.3 Å². The van der Waals surface area contributed by atoms with Crippen LogP contribution in [0.25, 0.3) is 0 Å². The van der Waals surface area contributed by atoms with Crippen LogP contribution < -0.4 is 10.2 Å². The number of piperidine rings is 1. The van der Waals surface area contributed by atoms with Crippen LogP contribution in [0, 0.1) is 23.1 Å². The number of alkyl carbamates (subject to hydrolysis) is 1. The zero-order valence-corrected chi connectivity index (χ0v) is 26.8. The number of carbonyl (C=O) groups is 1. The molecule has 8 nitrogen and oxygen atoms in total. The fourth-order valence-electron chi connectivity index (χ4n) is 8.81. The van der Waals surface area contributed by atoms with Crippen molar-refractivity contribution in [3.05, 3.63) is 59.9 Å². The van der Waals surface area contributed by atoms with Gasteiger partial charge in [-0.15, -0.1) is 0 Å². The Morgan fingerprint density at radius 2 is 1.77 bits per heavy atom. The first-order chi connectivity index (χ1) is 21.2. The van der Waals surface area contributed by atoms with Gasteiger partial charge in [0, 0.05) is 53.6 Å². The van der Waals surface area contributed by atoms with Crippen molar-refractivity contribution in [2.45, 2.75) is 61.8 Å². The number of rotatable bonds is 10. The van der Waals surface area contributed by atoms with E-state index in [4.69, 9.17) is 4.74 Å². The number of ether oxygens (including phenoxy) is 1. The molecule has 0 spiro atoms. The van der Waals surface area contributed by atoms with Crippen LogP contribution in [0.15, 0.2) is 53.4 Å². The van der Waals surface area contributed by atoms with Gasteiger partial charge in [-0.2, -0.15) is 0 Å². The predicted octanol–water partition coefficient (Wildman–Crippen LogP) is 4.77. The van der Waals surface area contributed by atoms with Gasteiger partial charge in [0.05, 0.1) is 7.11 Å². The zero-order chi connectivity index (χ0) is 30.9. The molecule has 4 aliphatic rings. The SMILES string of the molecule is COC(=O)N[C@H]1CCC[C@@H]1[C@](CN1CCC1)(c1cccc(F)c1)C1CCN(CC2(C)CN(c3ccc(S(=O)[O-])cc3)C2)CC1. The van der Waals surface area contributed by atoms with Crippen molar-refractivity contribution in [1.29, 1.82) is 0 Å². The molecule has 4 atom stereocenters. The van der Waals surface area contributed by atoms with Crippen LogP contribution >= 0.6 is 0 Å². The summed E-state index contributed by atoms with van der Waals surface area (Å²) in [7, 11) is 1.42. The van der Waals surface area contributed by atoms with Gasteiger partial charge in [-0.1, -0.05) is 25.5 Å². The molecular weight excluding hydrogens is 579 g/mol. The minimum Gasteiger partial charge on any atom is -0.768 e. The third-order valence-electron chi connectivity index (χ3n) is 10.9. The van der Waals surface area contributed by atoms with Crippen molar-refractivity contribution in [3.8, 4) is 0 Å². The largest absolute Gasteiger partial charge is 0.768 e. The van der Waals surface area contributed by atoms with Crippen molar-refractivity contribution in [1.82, 2.24) is 15.1 Å². The van der Waals surface area contributed by atoms with Crippen LogP contribution in [0.1, 0.15) is 51.0 Å². The van der Waals surface area contributed by atoms with Crippen LogP contribution in [0.4, 0.5) is 14.9 Å². The molecule has 3 heterocycles. The van der Waals surface area contributed by atoms with Crippen molar-refractivity contribution >= 4 is 22.9 Å².